The third-order valence-electron chi connectivity index (χ3n) is 7.39. The second kappa shape index (κ2) is 11.6. The highest BCUT2D eigenvalue weighted by atomic mass is 19.4. The number of anilines is 2. The lowest BCUT2D eigenvalue weighted by atomic mass is 9.75. The first-order chi connectivity index (χ1) is 20.7. The van der Waals surface area contributed by atoms with Crippen LogP contribution >= 0.6 is 0 Å². The van der Waals surface area contributed by atoms with Gasteiger partial charge in [0, 0.05) is 37.0 Å². The molecule has 1 unspecified atom stereocenters. The summed E-state index contributed by atoms with van der Waals surface area (Å²) in [6, 6.07) is 8.33. The molecule has 1 amide bonds. The Bertz CT molecular complexity index is 1690. The predicted octanol–water partition coefficient (Wildman–Crippen LogP) is 5.41. The summed E-state index contributed by atoms with van der Waals surface area (Å²) in [7, 11) is 1.57. The van der Waals surface area contributed by atoms with Gasteiger partial charge in [0.1, 0.15) is 28.9 Å². The van der Waals surface area contributed by atoms with Crippen molar-refractivity contribution in [3.8, 4) is 17.3 Å². The molecule has 1 aromatic carbocycles. The fraction of sp³-hybridized carbons (Fsp3) is 0.393. The number of amides is 1. The molecule has 3 N–H and O–H groups in total. The summed E-state index contributed by atoms with van der Waals surface area (Å²) in [5.41, 5.74) is 6.56. The summed E-state index contributed by atoms with van der Waals surface area (Å²) in [5.74, 6) is -5.64. The van der Waals surface area contributed by atoms with Gasteiger partial charge in [-0.2, -0.15) is 27.1 Å². The zero-order valence-electron chi connectivity index (χ0n) is 23.5. The Hall–Kier alpha value is -4.47. The van der Waals surface area contributed by atoms with Crippen LogP contribution in [0.2, 0.25) is 0 Å². The number of methoxy groups -OCH3 is 1. The second-order valence-corrected chi connectivity index (χ2v) is 10.6. The van der Waals surface area contributed by atoms with Crippen LogP contribution in [-0.2, 0) is 28.1 Å². The van der Waals surface area contributed by atoms with Gasteiger partial charge in [-0.25, -0.2) is 24.0 Å². The van der Waals surface area contributed by atoms with Gasteiger partial charge < -0.3 is 20.5 Å². The van der Waals surface area contributed by atoms with Gasteiger partial charge in [0.05, 0.1) is 25.3 Å². The lowest BCUT2D eigenvalue weighted by Gasteiger charge is -2.35. The molecule has 234 valence electrons. The molecule has 4 aromatic rings. The lowest BCUT2D eigenvalue weighted by molar-refractivity contribution is -0.285. The number of pyridine rings is 1. The van der Waals surface area contributed by atoms with E-state index in [0.717, 1.165) is 22.5 Å². The van der Waals surface area contributed by atoms with Gasteiger partial charge in [-0.1, -0.05) is 19.1 Å². The number of aryl methyl sites for hydroxylation is 1. The Balaban J connectivity index is 1.42. The highest BCUT2D eigenvalue weighted by Gasteiger charge is 2.56. The summed E-state index contributed by atoms with van der Waals surface area (Å²) < 4.78 is 91.5. The Morgan fingerprint density at radius 1 is 1.14 bits per heavy atom. The van der Waals surface area contributed by atoms with Crippen molar-refractivity contribution in [2.75, 3.05) is 24.8 Å². The number of nitrogens with zero attached hydrogens (tertiary/aromatic N) is 5. The van der Waals surface area contributed by atoms with E-state index in [1.165, 1.54) is 0 Å². The van der Waals surface area contributed by atoms with Crippen LogP contribution in [-0.4, -0.2) is 56.5 Å². The molecule has 0 saturated heterocycles. The largest absolute Gasteiger partial charge is 0.497 e. The minimum Gasteiger partial charge on any atom is -0.497 e. The van der Waals surface area contributed by atoms with Crippen molar-refractivity contribution in [1.82, 2.24) is 24.7 Å². The molecule has 10 nitrogen and oxygen atoms in total. The fourth-order valence-corrected chi connectivity index (χ4v) is 5.05. The van der Waals surface area contributed by atoms with Crippen LogP contribution in [0.25, 0.3) is 22.6 Å². The standard InChI is InChI=1S/C28H27F6N7O3/c1-26(8-10-44-14-15-3-5-17(43-2)6-4-15)12-19(42)37-23-20(26)22(35)38-24(39-23)21-18-11-16(29)13-36-25(18)41(40-21)9-7-27(30,31)28(32,33)34/h3-6,11,13H,7-10,12,14H2,1-2H3,(H3,35,37,38,39,42). The molecule has 1 atom stereocenters. The van der Waals surface area contributed by atoms with Crippen LogP contribution in [0.1, 0.15) is 37.3 Å². The summed E-state index contributed by atoms with van der Waals surface area (Å²) in [6.45, 7) is 1.50. The van der Waals surface area contributed by atoms with E-state index in [-0.39, 0.29) is 53.1 Å². The molecule has 0 bridgehead atoms. The van der Waals surface area contributed by atoms with E-state index in [2.05, 4.69) is 25.4 Å². The number of ether oxygens (including phenoxy) is 2. The minimum absolute atomic E-state index is 0.0293. The molecule has 0 aliphatic carbocycles. The first-order valence-electron chi connectivity index (χ1n) is 13.4. The Morgan fingerprint density at radius 3 is 2.55 bits per heavy atom. The van der Waals surface area contributed by atoms with Gasteiger partial charge in [-0.05, 0) is 30.2 Å². The Morgan fingerprint density at radius 2 is 1.86 bits per heavy atom. The number of hydrogen-bond donors (Lipinski definition) is 2. The quantitative estimate of drug-likeness (QED) is 0.177. The van der Waals surface area contributed by atoms with Crippen molar-refractivity contribution in [3.63, 3.8) is 0 Å². The Labute approximate surface area is 246 Å². The van der Waals surface area contributed by atoms with Crippen molar-refractivity contribution in [2.45, 2.75) is 56.9 Å². The molecule has 44 heavy (non-hydrogen) atoms. The van der Waals surface area contributed by atoms with E-state index in [4.69, 9.17) is 15.2 Å². The first-order valence-corrected chi connectivity index (χ1v) is 13.4. The maximum Gasteiger partial charge on any atom is 0.453 e. The molecule has 1 aliphatic heterocycles. The summed E-state index contributed by atoms with van der Waals surface area (Å²) in [5, 5.41) is 6.70. The number of nitrogens with one attached hydrogen (secondary N) is 1. The number of carbonyl (C=O) groups is 1. The van der Waals surface area contributed by atoms with E-state index < -0.39 is 36.3 Å². The third-order valence-corrected chi connectivity index (χ3v) is 7.39. The molecule has 1 aliphatic rings. The summed E-state index contributed by atoms with van der Waals surface area (Å²) >= 11 is 0. The maximum absolute atomic E-state index is 14.2. The van der Waals surface area contributed by atoms with Crippen molar-refractivity contribution < 1.29 is 40.6 Å². The van der Waals surface area contributed by atoms with Gasteiger partial charge >= 0.3 is 12.1 Å². The maximum atomic E-state index is 14.2. The molecule has 0 fully saturated rings. The SMILES string of the molecule is COc1ccc(COCCC2(C)CC(=O)Nc3nc(-c4nn(CCC(F)(F)C(F)(F)F)c5ncc(F)cc45)nc(N)c32)cc1. The number of hydrogen-bond acceptors (Lipinski definition) is 8. The fourth-order valence-electron chi connectivity index (χ4n) is 5.05. The van der Waals surface area contributed by atoms with Crippen molar-refractivity contribution in [3.05, 3.63) is 53.5 Å². The number of rotatable bonds is 10. The number of carbonyl (C=O) groups excluding carboxylic acids is 1. The molecule has 0 spiro atoms. The van der Waals surface area contributed by atoms with E-state index in [0.29, 0.717) is 24.3 Å². The molecule has 3 aromatic heterocycles. The van der Waals surface area contributed by atoms with Crippen LogP contribution in [0.4, 0.5) is 38.0 Å². The van der Waals surface area contributed by atoms with E-state index in [9.17, 15) is 31.1 Å². The van der Waals surface area contributed by atoms with Crippen LogP contribution < -0.4 is 15.8 Å². The number of alkyl halides is 5. The third kappa shape index (κ3) is 6.11. The second-order valence-electron chi connectivity index (χ2n) is 10.6. The molecule has 0 radical (unpaired) electrons. The van der Waals surface area contributed by atoms with Gasteiger partial charge in [-0.15, -0.1) is 0 Å². The molecular formula is C28H27F6N7O3. The van der Waals surface area contributed by atoms with Crippen LogP contribution in [0.5, 0.6) is 5.75 Å². The number of halogens is 6. The van der Waals surface area contributed by atoms with E-state index in [1.807, 2.05) is 31.2 Å². The smallest absolute Gasteiger partial charge is 0.453 e. The summed E-state index contributed by atoms with van der Waals surface area (Å²) in [6.07, 6.45) is -6.19. The first kappa shape index (κ1) is 31.0. The zero-order chi connectivity index (χ0) is 31.9. The summed E-state index contributed by atoms with van der Waals surface area (Å²) in [4.78, 5) is 25.3. The molecular weight excluding hydrogens is 596 g/mol. The van der Waals surface area contributed by atoms with Gasteiger partial charge in [0.25, 0.3) is 0 Å². The molecule has 4 heterocycles. The lowest BCUT2D eigenvalue weighted by Crippen LogP contribution is -2.37. The van der Waals surface area contributed by atoms with Crippen molar-refractivity contribution in [1.29, 1.82) is 0 Å². The number of aromatic nitrogens is 5. The van der Waals surface area contributed by atoms with E-state index in [1.54, 1.807) is 7.11 Å². The number of benzene rings is 1. The highest BCUT2D eigenvalue weighted by molar-refractivity contribution is 5.96. The minimum atomic E-state index is -5.76. The van der Waals surface area contributed by atoms with Crippen LogP contribution in [0.15, 0.2) is 36.5 Å². The molecule has 5 rings (SSSR count). The number of fused-ring (bicyclic) bond motifs is 2. The van der Waals surface area contributed by atoms with Gasteiger partial charge in [0.15, 0.2) is 11.5 Å². The van der Waals surface area contributed by atoms with Gasteiger partial charge in [0.2, 0.25) is 5.91 Å². The normalized spacial score (nSPS) is 17.0. The molecule has 0 saturated carbocycles. The highest BCUT2D eigenvalue weighted by Crippen LogP contribution is 2.43. The zero-order valence-corrected chi connectivity index (χ0v) is 23.5. The number of nitrogen functional groups attached to an aromatic ring is 1. The van der Waals surface area contributed by atoms with Crippen molar-refractivity contribution in [2.24, 2.45) is 0 Å². The van der Waals surface area contributed by atoms with Crippen LogP contribution in [0, 0.1) is 5.82 Å². The number of nitrogens with two attached hydrogens (primary N) is 1. The van der Waals surface area contributed by atoms with E-state index >= 15 is 0 Å². The average molecular weight is 624 g/mol. The molecule has 16 heteroatoms. The topological polar surface area (TPSA) is 130 Å². The predicted molar refractivity (Wildman–Crippen MR) is 146 cm³/mol. The monoisotopic (exact) mass is 623 g/mol. The Kier molecular flexibility index (Phi) is 8.13. The van der Waals surface area contributed by atoms with Gasteiger partial charge in [-0.3, -0.25) is 4.79 Å². The average Bonchev–Trinajstić information content (AvgIpc) is 3.31. The van der Waals surface area contributed by atoms with Crippen molar-refractivity contribution >= 4 is 28.6 Å². The van der Waals surface area contributed by atoms with Crippen LogP contribution in [0.3, 0.4) is 0 Å².